The minimum atomic E-state index is 0.851. The minimum absolute atomic E-state index is 0.851. The van der Waals surface area contributed by atoms with Crippen LogP contribution in [0.2, 0.25) is 0 Å². The summed E-state index contributed by atoms with van der Waals surface area (Å²) in [6, 6.07) is 6.04. The van der Waals surface area contributed by atoms with Gasteiger partial charge < -0.3 is 14.5 Å². The highest BCUT2D eigenvalue weighted by Gasteiger charge is 2.16. The van der Waals surface area contributed by atoms with Crippen LogP contribution in [0.25, 0.3) is 11.0 Å². The van der Waals surface area contributed by atoms with Crippen LogP contribution in [0.3, 0.4) is 0 Å². The van der Waals surface area contributed by atoms with Crippen molar-refractivity contribution in [1.82, 2.24) is 5.32 Å². The minimum Gasteiger partial charge on any atom is -0.497 e. The maximum Gasteiger partial charge on any atom is 0.138 e. The maximum absolute atomic E-state index is 5.89. The van der Waals surface area contributed by atoms with Crippen LogP contribution in [0.1, 0.15) is 17.7 Å². The zero-order valence-corrected chi connectivity index (χ0v) is 9.38. The predicted octanol–water partition coefficient (Wildman–Crippen LogP) is 2.48. The van der Waals surface area contributed by atoms with E-state index in [4.69, 9.17) is 9.15 Å². The van der Waals surface area contributed by atoms with Gasteiger partial charge >= 0.3 is 0 Å². The van der Waals surface area contributed by atoms with E-state index in [-0.39, 0.29) is 0 Å². The van der Waals surface area contributed by atoms with Crippen molar-refractivity contribution in [3.63, 3.8) is 0 Å². The molecule has 1 aliphatic rings. The fraction of sp³-hybridized carbons (Fsp3) is 0.385. The van der Waals surface area contributed by atoms with Gasteiger partial charge in [0, 0.05) is 30.0 Å². The van der Waals surface area contributed by atoms with Crippen molar-refractivity contribution in [2.45, 2.75) is 19.4 Å². The van der Waals surface area contributed by atoms with Crippen LogP contribution < -0.4 is 10.1 Å². The van der Waals surface area contributed by atoms with Crippen LogP contribution in [0.4, 0.5) is 0 Å². The number of benzene rings is 1. The molecular formula is C13H15NO2. The van der Waals surface area contributed by atoms with E-state index < -0.39 is 0 Å². The molecule has 3 heteroatoms. The van der Waals surface area contributed by atoms with Gasteiger partial charge in [-0.3, -0.25) is 0 Å². The Labute approximate surface area is 94.4 Å². The van der Waals surface area contributed by atoms with Gasteiger partial charge in [0.05, 0.1) is 7.11 Å². The number of nitrogens with one attached hydrogen (secondary N) is 1. The van der Waals surface area contributed by atoms with Gasteiger partial charge in [-0.25, -0.2) is 0 Å². The molecule has 0 radical (unpaired) electrons. The lowest BCUT2D eigenvalue weighted by Crippen LogP contribution is -2.11. The Morgan fingerprint density at radius 3 is 3.19 bits per heavy atom. The molecule has 84 valence electrons. The highest BCUT2D eigenvalue weighted by Crippen LogP contribution is 2.30. The lowest BCUT2D eigenvalue weighted by molar-refractivity contribution is 0.414. The van der Waals surface area contributed by atoms with Crippen LogP contribution >= 0.6 is 0 Å². The summed E-state index contributed by atoms with van der Waals surface area (Å²) in [5.74, 6) is 1.98. The molecule has 3 nitrogen and oxygen atoms in total. The third-order valence-electron chi connectivity index (χ3n) is 3.14. The molecule has 1 aromatic heterocycles. The summed E-state index contributed by atoms with van der Waals surface area (Å²) in [4.78, 5) is 0. The molecule has 0 saturated heterocycles. The molecule has 1 aromatic carbocycles. The normalized spacial score (nSPS) is 15.8. The summed E-state index contributed by atoms with van der Waals surface area (Å²) in [6.07, 6.45) is 2.17. The average molecular weight is 217 g/mol. The van der Waals surface area contributed by atoms with Gasteiger partial charge in [0.15, 0.2) is 0 Å². The Morgan fingerprint density at radius 2 is 2.31 bits per heavy atom. The Bertz CT molecular complexity index is 516. The summed E-state index contributed by atoms with van der Waals surface area (Å²) in [5.41, 5.74) is 2.25. The van der Waals surface area contributed by atoms with Gasteiger partial charge in [-0.15, -0.1) is 0 Å². The molecule has 2 aromatic rings. The summed E-state index contributed by atoms with van der Waals surface area (Å²) in [5, 5.41) is 4.63. The Kier molecular flexibility index (Phi) is 2.33. The van der Waals surface area contributed by atoms with Crippen molar-refractivity contribution < 1.29 is 9.15 Å². The van der Waals surface area contributed by atoms with Crippen molar-refractivity contribution in [2.75, 3.05) is 13.7 Å². The smallest absolute Gasteiger partial charge is 0.138 e. The first-order valence-corrected chi connectivity index (χ1v) is 5.67. The van der Waals surface area contributed by atoms with E-state index >= 15 is 0 Å². The van der Waals surface area contributed by atoms with Gasteiger partial charge in [-0.05, 0) is 25.1 Å². The van der Waals surface area contributed by atoms with Gasteiger partial charge in [0.25, 0.3) is 0 Å². The summed E-state index contributed by atoms with van der Waals surface area (Å²) >= 11 is 0. The number of aryl methyl sites for hydroxylation is 1. The number of furan rings is 1. The average Bonchev–Trinajstić information content (AvgIpc) is 2.50. The van der Waals surface area contributed by atoms with Gasteiger partial charge in [-0.1, -0.05) is 0 Å². The molecule has 0 unspecified atom stereocenters. The second kappa shape index (κ2) is 3.83. The quantitative estimate of drug-likeness (QED) is 0.796. The number of hydrogen-bond acceptors (Lipinski definition) is 3. The zero-order chi connectivity index (χ0) is 11.0. The summed E-state index contributed by atoms with van der Waals surface area (Å²) < 4.78 is 11.1. The van der Waals surface area contributed by atoms with Crippen molar-refractivity contribution in [1.29, 1.82) is 0 Å². The van der Waals surface area contributed by atoms with E-state index in [1.807, 2.05) is 12.1 Å². The van der Waals surface area contributed by atoms with E-state index in [1.165, 1.54) is 10.9 Å². The largest absolute Gasteiger partial charge is 0.497 e. The lowest BCUT2D eigenvalue weighted by atomic mass is 10.1. The molecule has 1 N–H and O–H groups in total. The maximum atomic E-state index is 5.89. The SMILES string of the molecule is COc1ccc2c3c(oc2c1)CCCNC3. The molecule has 3 rings (SSSR count). The van der Waals surface area contributed by atoms with Crippen LogP contribution in [-0.2, 0) is 13.0 Å². The third kappa shape index (κ3) is 1.48. The molecule has 0 fully saturated rings. The monoisotopic (exact) mass is 217 g/mol. The van der Waals surface area contributed by atoms with E-state index in [1.54, 1.807) is 7.11 Å². The van der Waals surface area contributed by atoms with Crippen LogP contribution in [0, 0.1) is 0 Å². The number of methoxy groups -OCH3 is 1. The van der Waals surface area contributed by atoms with E-state index in [0.29, 0.717) is 0 Å². The fourth-order valence-electron chi connectivity index (χ4n) is 2.29. The van der Waals surface area contributed by atoms with Crippen molar-refractivity contribution in [3.05, 3.63) is 29.5 Å². The van der Waals surface area contributed by atoms with Crippen LogP contribution in [-0.4, -0.2) is 13.7 Å². The van der Waals surface area contributed by atoms with Gasteiger partial charge in [0.2, 0.25) is 0 Å². The highest BCUT2D eigenvalue weighted by molar-refractivity contribution is 5.83. The molecule has 0 amide bonds. The second-order valence-electron chi connectivity index (χ2n) is 4.15. The first-order chi connectivity index (χ1) is 7.88. The Morgan fingerprint density at radius 1 is 1.38 bits per heavy atom. The fourth-order valence-corrected chi connectivity index (χ4v) is 2.29. The topological polar surface area (TPSA) is 34.4 Å². The van der Waals surface area contributed by atoms with Crippen LogP contribution in [0.5, 0.6) is 5.75 Å². The van der Waals surface area contributed by atoms with E-state index in [0.717, 1.165) is 43.0 Å². The molecule has 0 atom stereocenters. The van der Waals surface area contributed by atoms with Crippen molar-refractivity contribution >= 4 is 11.0 Å². The molecule has 1 aliphatic heterocycles. The number of ether oxygens (including phenoxy) is 1. The standard InChI is InChI=1S/C13H15NO2/c1-15-9-4-5-10-11-8-14-6-2-3-12(11)16-13(10)7-9/h4-5,7,14H,2-3,6,8H2,1H3. The summed E-state index contributed by atoms with van der Waals surface area (Å²) in [6.45, 7) is 1.98. The first-order valence-electron chi connectivity index (χ1n) is 5.67. The number of rotatable bonds is 1. The zero-order valence-electron chi connectivity index (χ0n) is 9.38. The van der Waals surface area contributed by atoms with Crippen LogP contribution in [0.15, 0.2) is 22.6 Å². The molecule has 0 aliphatic carbocycles. The molecule has 0 bridgehead atoms. The number of hydrogen-bond donors (Lipinski definition) is 1. The Hall–Kier alpha value is -1.48. The highest BCUT2D eigenvalue weighted by atomic mass is 16.5. The molecule has 0 saturated carbocycles. The number of fused-ring (bicyclic) bond motifs is 3. The Balaban J connectivity index is 2.17. The first kappa shape index (κ1) is 9.73. The molecule has 0 spiro atoms. The second-order valence-corrected chi connectivity index (χ2v) is 4.15. The predicted molar refractivity (Wildman–Crippen MR) is 62.8 cm³/mol. The molecule has 2 heterocycles. The molecular weight excluding hydrogens is 202 g/mol. The van der Waals surface area contributed by atoms with Crippen molar-refractivity contribution in [3.8, 4) is 5.75 Å². The van der Waals surface area contributed by atoms with Crippen molar-refractivity contribution in [2.24, 2.45) is 0 Å². The summed E-state index contributed by atoms with van der Waals surface area (Å²) in [7, 11) is 1.68. The van der Waals surface area contributed by atoms with E-state index in [2.05, 4.69) is 11.4 Å². The van der Waals surface area contributed by atoms with E-state index in [9.17, 15) is 0 Å². The van der Waals surface area contributed by atoms with Gasteiger partial charge in [0.1, 0.15) is 17.1 Å². The molecule has 16 heavy (non-hydrogen) atoms. The lowest BCUT2D eigenvalue weighted by Gasteiger charge is -2.00. The van der Waals surface area contributed by atoms with Gasteiger partial charge in [-0.2, -0.15) is 0 Å². The third-order valence-corrected chi connectivity index (χ3v) is 3.14.